The van der Waals surface area contributed by atoms with E-state index in [1.807, 2.05) is 0 Å². The minimum atomic E-state index is -0.358. The predicted octanol–water partition coefficient (Wildman–Crippen LogP) is 1.74. The van der Waals surface area contributed by atoms with E-state index in [1.165, 1.54) is 40.6 Å². The largest absolute Gasteiger partial charge is 0.300 e. The Labute approximate surface area is 123 Å². The summed E-state index contributed by atoms with van der Waals surface area (Å²) in [6, 6.07) is 5.64. The van der Waals surface area contributed by atoms with Gasteiger partial charge in [0.15, 0.2) is 5.16 Å². The van der Waals surface area contributed by atoms with Crippen molar-refractivity contribution >= 4 is 17.4 Å². The van der Waals surface area contributed by atoms with Gasteiger partial charge in [0.25, 0.3) is 0 Å². The molecule has 0 unspecified atom stereocenters. The van der Waals surface area contributed by atoms with E-state index in [4.69, 9.17) is 6.42 Å². The van der Waals surface area contributed by atoms with Crippen molar-refractivity contribution in [2.24, 2.45) is 0 Å². The number of benzene rings is 1. The molecule has 0 amide bonds. The molecule has 0 aliphatic carbocycles. The summed E-state index contributed by atoms with van der Waals surface area (Å²) in [6.45, 7) is 0. The van der Waals surface area contributed by atoms with Gasteiger partial charge in [-0.25, -0.2) is 4.39 Å². The summed E-state index contributed by atoms with van der Waals surface area (Å²) >= 11 is 1.32. The van der Waals surface area contributed by atoms with Crippen LogP contribution in [-0.2, 0) is 0 Å². The first-order valence-corrected chi connectivity index (χ1v) is 6.98. The van der Waals surface area contributed by atoms with Crippen molar-refractivity contribution in [1.82, 2.24) is 19.2 Å². The number of aromatic nitrogens is 4. The number of fused-ring (bicyclic) bond motifs is 1. The maximum atomic E-state index is 12.9. The quantitative estimate of drug-likeness (QED) is 0.546. The molecule has 0 radical (unpaired) electrons. The lowest BCUT2D eigenvalue weighted by atomic mass is 10.3. The van der Waals surface area contributed by atoms with Gasteiger partial charge in [0, 0.05) is 18.1 Å². The lowest BCUT2D eigenvalue weighted by Gasteiger charge is -2.05. The van der Waals surface area contributed by atoms with E-state index in [9.17, 15) is 9.18 Å². The second-order valence-corrected chi connectivity index (χ2v) is 5.06. The number of terminal acetylenes is 1. The van der Waals surface area contributed by atoms with E-state index in [-0.39, 0.29) is 17.0 Å². The predicted molar refractivity (Wildman–Crippen MR) is 78.1 cm³/mol. The van der Waals surface area contributed by atoms with Crippen LogP contribution in [0.5, 0.6) is 0 Å². The third kappa shape index (κ3) is 2.41. The lowest BCUT2D eigenvalue weighted by Crippen LogP contribution is -2.20. The van der Waals surface area contributed by atoms with Crippen LogP contribution >= 0.6 is 11.8 Å². The first kappa shape index (κ1) is 13.4. The maximum Gasteiger partial charge on any atom is 0.300 e. The summed E-state index contributed by atoms with van der Waals surface area (Å²) in [5, 5.41) is 8.40. The monoisotopic (exact) mass is 300 g/mol. The fourth-order valence-electron chi connectivity index (χ4n) is 1.88. The Morgan fingerprint density at radius 1 is 1.24 bits per heavy atom. The third-order valence-corrected chi connectivity index (χ3v) is 3.68. The highest BCUT2D eigenvalue weighted by molar-refractivity contribution is 7.99. The molecule has 0 saturated carbocycles. The van der Waals surface area contributed by atoms with Gasteiger partial charge in [-0.3, -0.25) is 13.8 Å². The summed E-state index contributed by atoms with van der Waals surface area (Å²) in [4.78, 5) is 12.4. The molecule has 1 aromatic carbocycles. The van der Waals surface area contributed by atoms with E-state index in [1.54, 1.807) is 16.8 Å². The summed E-state index contributed by atoms with van der Waals surface area (Å²) in [6.07, 6.45) is 8.48. The number of nitrogens with zero attached hydrogens (tertiary/aromatic N) is 4. The van der Waals surface area contributed by atoms with Crippen molar-refractivity contribution in [3.63, 3.8) is 0 Å². The molecule has 7 heteroatoms. The summed E-state index contributed by atoms with van der Waals surface area (Å²) in [7, 11) is 0. The Morgan fingerprint density at radius 2 is 2.00 bits per heavy atom. The average Bonchev–Trinajstić information content (AvgIpc) is 2.91. The second-order valence-electron chi connectivity index (χ2n) is 4.12. The number of halogens is 1. The molecular weight excluding hydrogens is 291 g/mol. The summed E-state index contributed by atoms with van der Waals surface area (Å²) in [5.41, 5.74) is 0.426. The number of hydrogen-bond acceptors (Lipinski definition) is 4. The highest BCUT2D eigenvalue weighted by Gasteiger charge is 2.11. The molecular formula is C14H9FN4OS. The molecule has 104 valence electrons. The van der Waals surface area contributed by atoms with Crippen molar-refractivity contribution in [3.8, 4) is 18.0 Å². The molecule has 0 atom stereocenters. The maximum absolute atomic E-state index is 12.9. The van der Waals surface area contributed by atoms with Crippen LogP contribution in [0.3, 0.4) is 0 Å². The molecule has 0 aliphatic rings. The van der Waals surface area contributed by atoms with E-state index < -0.39 is 0 Å². The molecule has 5 nitrogen and oxygen atoms in total. The molecule has 0 bridgehead atoms. The van der Waals surface area contributed by atoms with Crippen LogP contribution in [0, 0.1) is 18.2 Å². The number of rotatable bonds is 3. The van der Waals surface area contributed by atoms with E-state index in [0.29, 0.717) is 16.6 Å². The Kier molecular flexibility index (Phi) is 3.46. The highest BCUT2D eigenvalue weighted by Crippen LogP contribution is 2.15. The van der Waals surface area contributed by atoms with Gasteiger partial charge >= 0.3 is 5.56 Å². The van der Waals surface area contributed by atoms with Crippen LogP contribution < -0.4 is 5.56 Å². The molecule has 0 spiro atoms. The fraction of sp³-hybridized carbons (Fsp3) is 0.0714. The van der Waals surface area contributed by atoms with Crippen LogP contribution in [0.4, 0.5) is 4.39 Å². The Balaban J connectivity index is 2.11. The highest BCUT2D eigenvalue weighted by atomic mass is 32.2. The van der Waals surface area contributed by atoms with E-state index >= 15 is 0 Å². The third-order valence-electron chi connectivity index (χ3n) is 2.83. The average molecular weight is 300 g/mol. The fourth-order valence-corrected chi connectivity index (χ4v) is 2.47. The molecule has 3 aromatic rings. The Bertz CT molecular complexity index is 892. The smallest absolute Gasteiger partial charge is 0.280 e. The molecule has 2 aromatic heterocycles. The van der Waals surface area contributed by atoms with Crippen molar-refractivity contribution in [2.45, 2.75) is 5.16 Å². The van der Waals surface area contributed by atoms with Gasteiger partial charge < -0.3 is 0 Å². The van der Waals surface area contributed by atoms with Gasteiger partial charge in [-0.1, -0.05) is 17.7 Å². The normalized spacial score (nSPS) is 10.7. The first-order valence-electron chi connectivity index (χ1n) is 5.99. The van der Waals surface area contributed by atoms with Gasteiger partial charge in [0.05, 0.1) is 5.75 Å². The topological polar surface area (TPSA) is 52.2 Å². The van der Waals surface area contributed by atoms with Gasteiger partial charge in [-0.05, 0) is 24.3 Å². The molecule has 0 N–H and O–H groups in total. The Hall–Kier alpha value is -2.59. The molecule has 2 heterocycles. The van der Waals surface area contributed by atoms with Crippen molar-refractivity contribution < 1.29 is 4.39 Å². The summed E-state index contributed by atoms with van der Waals surface area (Å²) < 4.78 is 15.9. The zero-order valence-corrected chi connectivity index (χ0v) is 11.5. The first-order chi connectivity index (χ1) is 10.2. The van der Waals surface area contributed by atoms with Crippen LogP contribution in [-0.4, -0.2) is 24.9 Å². The zero-order valence-electron chi connectivity index (χ0n) is 10.7. The zero-order chi connectivity index (χ0) is 14.8. The van der Waals surface area contributed by atoms with Crippen LogP contribution in [0.25, 0.3) is 11.3 Å². The lowest BCUT2D eigenvalue weighted by molar-refractivity contribution is 0.627. The summed E-state index contributed by atoms with van der Waals surface area (Å²) in [5.74, 6) is 2.58. The van der Waals surface area contributed by atoms with E-state index in [2.05, 4.69) is 16.1 Å². The van der Waals surface area contributed by atoms with Gasteiger partial charge in [0.1, 0.15) is 5.82 Å². The van der Waals surface area contributed by atoms with Gasteiger partial charge in [-0.15, -0.1) is 16.6 Å². The Morgan fingerprint density at radius 3 is 2.71 bits per heavy atom. The van der Waals surface area contributed by atoms with Crippen molar-refractivity contribution in [3.05, 3.63) is 52.8 Å². The molecule has 0 aliphatic heterocycles. The van der Waals surface area contributed by atoms with Crippen molar-refractivity contribution in [2.75, 3.05) is 5.75 Å². The molecule has 21 heavy (non-hydrogen) atoms. The van der Waals surface area contributed by atoms with Crippen molar-refractivity contribution in [1.29, 1.82) is 0 Å². The van der Waals surface area contributed by atoms with Gasteiger partial charge in [-0.2, -0.15) is 0 Å². The molecule has 0 saturated heterocycles. The van der Waals surface area contributed by atoms with E-state index in [0.717, 1.165) is 0 Å². The number of thioether (sulfide) groups is 1. The SMILES string of the molecule is C#CCSc1nnc2c(=O)n(-c3ccc(F)cc3)ccn12. The van der Waals surface area contributed by atoms with Crippen LogP contribution in [0.2, 0.25) is 0 Å². The second kappa shape index (κ2) is 5.42. The standard InChI is InChI=1S/C14H9FN4OS/c1-2-9-21-14-17-16-12-13(20)18(7-8-19(12)14)11-5-3-10(15)4-6-11/h1,3-8H,9H2. The van der Waals surface area contributed by atoms with Gasteiger partial charge in [0.2, 0.25) is 5.65 Å². The number of hydrogen-bond donors (Lipinski definition) is 0. The van der Waals surface area contributed by atoms with Crippen LogP contribution in [0.15, 0.2) is 46.6 Å². The van der Waals surface area contributed by atoms with Crippen LogP contribution in [0.1, 0.15) is 0 Å². The molecule has 0 fully saturated rings. The minimum Gasteiger partial charge on any atom is -0.280 e. The minimum absolute atomic E-state index is 0.196. The molecule has 3 rings (SSSR count).